The summed E-state index contributed by atoms with van der Waals surface area (Å²) in [5.41, 5.74) is 0.671. The number of carbonyl (C=O) groups is 1. The van der Waals surface area contributed by atoms with Gasteiger partial charge in [0.05, 0.1) is 4.47 Å². The van der Waals surface area contributed by atoms with E-state index >= 15 is 0 Å². The molecule has 22 heavy (non-hydrogen) atoms. The zero-order valence-corrected chi connectivity index (χ0v) is 14.4. The maximum absolute atomic E-state index is 12.9. The highest BCUT2D eigenvalue weighted by Crippen LogP contribution is 2.41. The van der Waals surface area contributed by atoms with Crippen molar-refractivity contribution in [3.8, 4) is 11.5 Å². The molecular weight excluding hydrogens is 372 g/mol. The molecule has 3 aliphatic heterocycles. The van der Waals surface area contributed by atoms with Gasteiger partial charge in [0.25, 0.3) is 5.91 Å². The minimum Gasteiger partial charge on any atom is -0.454 e. The zero-order valence-electron chi connectivity index (χ0n) is 12.0. The summed E-state index contributed by atoms with van der Waals surface area (Å²) < 4.78 is 11.6. The number of halogens is 2. The van der Waals surface area contributed by atoms with Crippen LogP contribution in [0.2, 0.25) is 0 Å². The molecule has 0 spiro atoms. The topological polar surface area (TPSA) is 50.8 Å². The molecular formula is C15H18BrClN2O3. The van der Waals surface area contributed by atoms with E-state index in [1.807, 2.05) is 6.07 Å². The molecule has 4 rings (SSSR count). The fraction of sp³-hybridized carbons (Fsp3) is 0.533. The van der Waals surface area contributed by atoms with Crippen molar-refractivity contribution < 1.29 is 14.3 Å². The summed E-state index contributed by atoms with van der Waals surface area (Å²) >= 11 is 3.46. The predicted octanol–water partition coefficient (Wildman–Crippen LogP) is 2.57. The maximum atomic E-state index is 12.9. The lowest BCUT2D eigenvalue weighted by Crippen LogP contribution is -2.42. The van der Waals surface area contributed by atoms with Gasteiger partial charge in [-0.25, -0.2) is 0 Å². The van der Waals surface area contributed by atoms with Crippen molar-refractivity contribution in [1.29, 1.82) is 0 Å². The number of amides is 1. The first-order chi connectivity index (χ1) is 10.2. The molecule has 1 N–H and O–H groups in total. The molecule has 3 aliphatic rings. The van der Waals surface area contributed by atoms with Gasteiger partial charge in [0.1, 0.15) is 0 Å². The molecule has 2 unspecified atom stereocenters. The number of benzene rings is 1. The van der Waals surface area contributed by atoms with E-state index in [4.69, 9.17) is 9.47 Å². The minimum absolute atomic E-state index is 0. The van der Waals surface area contributed by atoms with Crippen LogP contribution in [0, 0.1) is 0 Å². The van der Waals surface area contributed by atoms with Crippen molar-refractivity contribution in [3.63, 3.8) is 0 Å². The van der Waals surface area contributed by atoms with Crippen molar-refractivity contribution in [2.24, 2.45) is 0 Å². The second-order valence-corrected chi connectivity index (χ2v) is 6.64. The van der Waals surface area contributed by atoms with Crippen LogP contribution >= 0.6 is 28.3 Å². The number of nitrogens with one attached hydrogen (secondary N) is 1. The monoisotopic (exact) mass is 388 g/mol. The fourth-order valence-electron chi connectivity index (χ4n) is 3.55. The van der Waals surface area contributed by atoms with Crippen molar-refractivity contribution in [2.45, 2.75) is 31.3 Å². The van der Waals surface area contributed by atoms with E-state index in [-0.39, 0.29) is 25.1 Å². The van der Waals surface area contributed by atoms with E-state index in [1.54, 1.807) is 6.07 Å². The van der Waals surface area contributed by atoms with Crippen molar-refractivity contribution in [3.05, 3.63) is 22.2 Å². The minimum atomic E-state index is 0. The number of hydrogen-bond donors (Lipinski definition) is 1. The summed E-state index contributed by atoms with van der Waals surface area (Å²) in [5, 5.41) is 3.42. The van der Waals surface area contributed by atoms with E-state index in [0.717, 1.165) is 36.8 Å². The van der Waals surface area contributed by atoms with Gasteiger partial charge in [-0.3, -0.25) is 4.79 Å². The van der Waals surface area contributed by atoms with Gasteiger partial charge in [0.2, 0.25) is 6.79 Å². The molecule has 0 aliphatic carbocycles. The largest absolute Gasteiger partial charge is 0.454 e. The van der Waals surface area contributed by atoms with Gasteiger partial charge in [-0.15, -0.1) is 12.4 Å². The molecule has 1 aromatic rings. The number of nitrogens with zero attached hydrogens (tertiary/aromatic N) is 1. The van der Waals surface area contributed by atoms with Gasteiger partial charge in [0, 0.05) is 24.2 Å². The van der Waals surface area contributed by atoms with E-state index in [1.165, 1.54) is 0 Å². The second kappa shape index (κ2) is 6.26. The van der Waals surface area contributed by atoms with Gasteiger partial charge >= 0.3 is 0 Å². The number of carbonyl (C=O) groups excluding carboxylic acids is 1. The molecule has 0 saturated carbocycles. The highest BCUT2D eigenvalue weighted by Gasteiger charge is 2.38. The Bertz CT molecular complexity index is 584. The van der Waals surface area contributed by atoms with Crippen molar-refractivity contribution in [2.75, 3.05) is 19.9 Å². The summed E-state index contributed by atoms with van der Waals surface area (Å²) in [6.07, 6.45) is 3.24. The van der Waals surface area contributed by atoms with Crippen molar-refractivity contribution >= 4 is 34.2 Å². The third-order valence-corrected chi connectivity index (χ3v) is 5.15. The quantitative estimate of drug-likeness (QED) is 0.802. The van der Waals surface area contributed by atoms with Crippen LogP contribution in [0.1, 0.15) is 29.6 Å². The van der Waals surface area contributed by atoms with Crippen molar-refractivity contribution in [1.82, 2.24) is 10.2 Å². The highest BCUT2D eigenvalue weighted by atomic mass is 79.9. The summed E-state index contributed by atoms with van der Waals surface area (Å²) in [5.74, 6) is 1.44. The Morgan fingerprint density at radius 1 is 1.23 bits per heavy atom. The van der Waals surface area contributed by atoms with E-state index in [2.05, 4.69) is 26.1 Å². The number of ether oxygens (including phenoxy) is 2. The van der Waals surface area contributed by atoms with Gasteiger partial charge in [-0.05, 0) is 53.9 Å². The Morgan fingerprint density at radius 3 is 2.91 bits per heavy atom. The highest BCUT2D eigenvalue weighted by molar-refractivity contribution is 9.10. The maximum Gasteiger partial charge on any atom is 0.254 e. The summed E-state index contributed by atoms with van der Waals surface area (Å²) in [6, 6.07) is 4.32. The molecule has 3 heterocycles. The van der Waals surface area contributed by atoms with Crippen LogP contribution in [-0.2, 0) is 0 Å². The normalized spacial score (nSPS) is 25.6. The van der Waals surface area contributed by atoms with Gasteiger partial charge in [-0.1, -0.05) is 0 Å². The summed E-state index contributed by atoms with van der Waals surface area (Å²) in [4.78, 5) is 15.0. The van der Waals surface area contributed by atoms with E-state index in [9.17, 15) is 4.79 Å². The lowest BCUT2D eigenvalue weighted by molar-refractivity contribution is 0.0680. The van der Waals surface area contributed by atoms with Crippen LogP contribution in [0.4, 0.5) is 0 Å². The molecule has 1 amide bonds. The Kier molecular flexibility index (Phi) is 4.52. The average molecular weight is 390 g/mol. The van der Waals surface area contributed by atoms with Gasteiger partial charge in [0.15, 0.2) is 11.5 Å². The van der Waals surface area contributed by atoms with Crippen LogP contribution in [0.15, 0.2) is 16.6 Å². The Balaban J connectivity index is 0.00000144. The molecule has 7 heteroatoms. The zero-order chi connectivity index (χ0) is 14.4. The van der Waals surface area contributed by atoms with Gasteiger partial charge in [-0.2, -0.15) is 0 Å². The van der Waals surface area contributed by atoms with Crippen LogP contribution in [0.3, 0.4) is 0 Å². The third kappa shape index (κ3) is 2.57. The van der Waals surface area contributed by atoms with E-state index in [0.29, 0.717) is 29.1 Å². The number of rotatable bonds is 1. The smallest absolute Gasteiger partial charge is 0.254 e. The first-order valence-corrected chi connectivity index (χ1v) is 8.16. The van der Waals surface area contributed by atoms with Gasteiger partial charge < -0.3 is 19.7 Å². The SMILES string of the molecule is Cl.O=C(c1cc(Br)c2c(c1)OCO2)N1C2CCNCC1CC2. The van der Waals surface area contributed by atoms with Crippen LogP contribution < -0.4 is 14.8 Å². The molecule has 1 aromatic carbocycles. The Hall–Kier alpha value is -0.980. The summed E-state index contributed by atoms with van der Waals surface area (Å²) in [6.45, 7) is 2.11. The van der Waals surface area contributed by atoms with Crippen LogP contribution in [-0.4, -0.2) is 42.8 Å². The first-order valence-electron chi connectivity index (χ1n) is 7.36. The standard InChI is InChI=1S/C15H17BrN2O3.ClH/c16-12-5-9(6-13-14(12)21-8-20-13)15(19)18-10-1-2-11(18)7-17-4-3-10;/h5-6,10-11,17H,1-4,7-8H2;1H. The lowest BCUT2D eigenvalue weighted by atomic mass is 10.1. The molecule has 0 aromatic heterocycles. The lowest BCUT2D eigenvalue weighted by Gasteiger charge is -2.28. The Labute approximate surface area is 143 Å². The molecule has 5 nitrogen and oxygen atoms in total. The number of hydrogen-bond acceptors (Lipinski definition) is 4. The molecule has 2 bridgehead atoms. The molecule has 2 atom stereocenters. The molecule has 0 radical (unpaired) electrons. The first kappa shape index (κ1) is 15.9. The van der Waals surface area contributed by atoms with Crippen LogP contribution in [0.25, 0.3) is 0 Å². The predicted molar refractivity (Wildman–Crippen MR) is 88.0 cm³/mol. The van der Waals surface area contributed by atoms with E-state index < -0.39 is 0 Å². The summed E-state index contributed by atoms with van der Waals surface area (Å²) in [7, 11) is 0. The molecule has 2 fully saturated rings. The Morgan fingerprint density at radius 2 is 2.05 bits per heavy atom. The third-order valence-electron chi connectivity index (χ3n) is 4.56. The molecule has 120 valence electrons. The fourth-order valence-corrected chi connectivity index (χ4v) is 4.11. The number of fused-ring (bicyclic) bond motifs is 3. The molecule has 2 saturated heterocycles. The second-order valence-electron chi connectivity index (χ2n) is 5.78. The average Bonchev–Trinajstić information content (AvgIpc) is 3.01. The van der Waals surface area contributed by atoms with Crippen LogP contribution in [0.5, 0.6) is 11.5 Å².